The Morgan fingerprint density at radius 3 is 2.62 bits per heavy atom. The molecule has 1 fully saturated rings. The molecular weight excluding hydrogens is 386 g/mol. The van der Waals surface area contributed by atoms with Crippen LogP contribution in [0.1, 0.15) is 31.7 Å². The van der Waals surface area contributed by atoms with E-state index in [-0.39, 0.29) is 18.3 Å². The Labute approximate surface area is 168 Å². The van der Waals surface area contributed by atoms with Gasteiger partial charge < -0.3 is 19.7 Å². The zero-order chi connectivity index (χ0) is 21.2. The number of nitrogens with one attached hydrogen (secondary N) is 1. The summed E-state index contributed by atoms with van der Waals surface area (Å²) >= 11 is 0. The van der Waals surface area contributed by atoms with Crippen LogP contribution in [0.25, 0.3) is 0 Å². The number of benzene rings is 1. The molecular formula is C20H26F2N2O5. The lowest BCUT2D eigenvalue weighted by atomic mass is 9.98. The van der Waals surface area contributed by atoms with Crippen LogP contribution in [-0.4, -0.2) is 55.5 Å². The van der Waals surface area contributed by atoms with Crippen LogP contribution in [0.15, 0.2) is 24.3 Å². The fourth-order valence-corrected chi connectivity index (χ4v) is 3.11. The second-order valence-electron chi connectivity index (χ2n) is 6.76. The molecule has 1 saturated heterocycles. The van der Waals surface area contributed by atoms with E-state index in [1.807, 2.05) is 0 Å². The number of nitrogens with zero attached hydrogens (tertiary/aromatic N) is 1. The Kier molecular flexibility index (Phi) is 8.82. The summed E-state index contributed by atoms with van der Waals surface area (Å²) in [6.07, 6.45) is 2.26. The average Bonchev–Trinajstić information content (AvgIpc) is 2.72. The predicted molar refractivity (Wildman–Crippen MR) is 100 cm³/mol. The second-order valence-corrected chi connectivity index (χ2v) is 6.76. The molecule has 2 rings (SSSR count). The van der Waals surface area contributed by atoms with Crippen molar-refractivity contribution >= 4 is 17.8 Å². The highest BCUT2D eigenvalue weighted by molar-refractivity contribution is 5.82. The van der Waals surface area contributed by atoms with E-state index >= 15 is 0 Å². The van der Waals surface area contributed by atoms with Crippen molar-refractivity contribution in [1.29, 1.82) is 0 Å². The summed E-state index contributed by atoms with van der Waals surface area (Å²) < 4.78 is 33.6. The van der Waals surface area contributed by atoms with Crippen molar-refractivity contribution in [2.45, 2.75) is 39.2 Å². The zero-order valence-corrected chi connectivity index (χ0v) is 16.4. The van der Waals surface area contributed by atoms with Crippen molar-refractivity contribution in [2.75, 3.05) is 26.2 Å². The summed E-state index contributed by atoms with van der Waals surface area (Å²) in [5.74, 6) is -1.21. The molecule has 1 unspecified atom stereocenters. The molecule has 1 aliphatic heterocycles. The van der Waals surface area contributed by atoms with Gasteiger partial charge in [0.1, 0.15) is 5.75 Å². The monoisotopic (exact) mass is 412 g/mol. The maximum atomic E-state index is 12.2. The smallest absolute Gasteiger partial charge is 0.387 e. The number of likely N-dealkylation sites (tertiary alicyclic amines) is 1. The van der Waals surface area contributed by atoms with Crippen LogP contribution in [-0.2, 0) is 25.5 Å². The molecule has 2 amide bonds. The number of carbonyl (C=O) groups excluding carboxylic acids is 3. The molecule has 0 aromatic heterocycles. The van der Waals surface area contributed by atoms with Crippen molar-refractivity contribution in [3.63, 3.8) is 0 Å². The molecule has 0 spiro atoms. The van der Waals surface area contributed by atoms with Gasteiger partial charge in [-0.25, -0.2) is 0 Å². The van der Waals surface area contributed by atoms with Gasteiger partial charge in [-0.2, -0.15) is 8.78 Å². The van der Waals surface area contributed by atoms with Crippen molar-refractivity contribution < 1.29 is 32.6 Å². The first-order chi connectivity index (χ1) is 13.9. The number of carbonyl (C=O) groups is 3. The minimum atomic E-state index is -2.87. The highest BCUT2D eigenvalue weighted by Crippen LogP contribution is 2.18. The molecule has 0 aliphatic carbocycles. The summed E-state index contributed by atoms with van der Waals surface area (Å²) in [5, 5.41) is 2.64. The van der Waals surface area contributed by atoms with E-state index in [4.69, 9.17) is 4.74 Å². The normalized spacial score (nSPS) is 16.4. The molecule has 29 heavy (non-hydrogen) atoms. The van der Waals surface area contributed by atoms with Crippen LogP contribution in [0.4, 0.5) is 8.78 Å². The zero-order valence-electron chi connectivity index (χ0n) is 16.4. The van der Waals surface area contributed by atoms with Gasteiger partial charge >= 0.3 is 12.6 Å². The van der Waals surface area contributed by atoms with E-state index < -0.39 is 24.4 Å². The number of hydrogen-bond acceptors (Lipinski definition) is 5. The van der Waals surface area contributed by atoms with Crippen LogP contribution in [0, 0.1) is 5.92 Å². The van der Waals surface area contributed by atoms with E-state index in [1.165, 1.54) is 12.1 Å². The third-order valence-electron chi connectivity index (χ3n) is 4.64. The van der Waals surface area contributed by atoms with Crippen molar-refractivity contribution in [3.8, 4) is 5.75 Å². The Bertz CT molecular complexity index is 697. The molecule has 0 saturated carbocycles. The highest BCUT2D eigenvalue weighted by Gasteiger charge is 2.29. The van der Waals surface area contributed by atoms with E-state index in [0.29, 0.717) is 38.9 Å². The largest absolute Gasteiger partial charge is 0.455 e. The molecule has 1 atom stereocenters. The number of rotatable bonds is 9. The van der Waals surface area contributed by atoms with Crippen LogP contribution >= 0.6 is 0 Å². The fraction of sp³-hybridized carbons (Fsp3) is 0.550. The quantitative estimate of drug-likeness (QED) is 0.628. The average molecular weight is 412 g/mol. The third kappa shape index (κ3) is 7.67. The minimum Gasteiger partial charge on any atom is -0.455 e. The van der Waals surface area contributed by atoms with E-state index in [1.54, 1.807) is 24.0 Å². The van der Waals surface area contributed by atoms with E-state index in [2.05, 4.69) is 10.1 Å². The molecule has 1 aromatic rings. The lowest BCUT2D eigenvalue weighted by molar-refractivity contribution is -0.155. The maximum absolute atomic E-state index is 12.2. The molecule has 1 aromatic carbocycles. The van der Waals surface area contributed by atoms with Gasteiger partial charge in [0.25, 0.3) is 5.91 Å². The van der Waals surface area contributed by atoms with Gasteiger partial charge in [-0.05, 0) is 37.0 Å². The lowest BCUT2D eigenvalue weighted by Gasteiger charge is -2.31. The summed E-state index contributed by atoms with van der Waals surface area (Å²) in [6.45, 7) is -0.178. The molecule has 9 heteroatoms. The lowest BCUT2D eigenvalue weighted by Crippen LogP contribution is -2.43. The number of piperidine rings is 1. The highest BCUT2D eigenvalue weighted by atomic mass is 19.3. The van der Waals surface area contributed by atoms with Gasteiger partial charge in [0.2, 0.25) is 5.91 Å². The molecule has 1 aliphatic rings. The van der Waals surface area contributed by atoms with Gasteiger partial charge in [0.15, 0.2) is 6.61 Å². The predicted octanol–water partition coefficient (Wildman–Crippen LogP) is 2.14. The van der Waals surface area contributed by atoms with Crippen LogP contribution in [0.2, 0.25) is 0 Å². The summed E-state index contributed by atoms with van der Waals surface area (Å²) in [4.78, 5) is 37.4. The molecule has 0 bridgehead atoms. The Morgan fingerprint density at radius 2 is 1.97 bits per heavy atom. The molecule has 160 valence electrons. The Balaban J connectivity index is 1.66. The number of halogens is 2. The summed E-state index contributed by atoms with van der Waals surface area (Å²) in [6, 6.07) is 6.14. The summed E-state index contributed by atoms with van der Waals surface area (Å²) in [5.41, 5.74) is 0.840. The summed E-state index contributed by atoms with van der Waals surface area (Å²) in [7, 11) is 0. The van der Waals surface area contributed by atoms with Gasteiger partial charge in [-0.15, -0.1) is 0 Å². The molecule has 7 nitrogen and oxygen atoms in total. The maximum Gasteiger partial charge on any atom is 0.387 e. The number of amides is 2. The SMILES string of the molecule is CCC(=O)N1CCCC(C(=O)OCC(=O)NCCc2ccc(OC(F)F)cc2)C1. The standard InChI is InChI=1S/C20H26F2N2O5/c1-2-18(26)24-11-3-4-15(12-24)19(27)28-13-17(25)23-10-9-14-5-7-16(8-6-14)29-20(21)22/h5-8,15,20H,2-4,9-13H2,1H3,(H,23,25). The number of hydrogen-bond donors (Lipinski definition) is 1. The van der Waals surface area contributed by atoms with Crippen LogP contribution in [0.5, 0.6) is 5.75 Å². The van der Waals surface area contributed by atoms with E-state index in [9.17, 15) is 23.2 Å². The third-order valence-corrected chi connectivity index (χ3v) is 4.64. The fourth-order valence-electron chi connectivity index (χ4n) is 3.11. The topological polar surface area (TPSA) is 84.9 Å². The van der Waals surface area contributed by atoms with Crippen molar-refractivity contribution in [2.24, 2.45) is 5.92 Å². The molecule has 0 radical (unpaired) electrons. The number of ether oxygens (including phenoxy) is 2. The second kappa shape index (κ2) is 11.3. The molecule has 1 N–H and O–H groups in total. The van der Waals surface area contributed by atoms with Gasteiger partial charge in [-0.3, -0.25) is 14.4 Å². The van der Waals surface area contributed by atoms with Gasteiger partial charge in [-0.1, -0.05) is 19.1 Å². The Hall–Kier alpha value is -2.71. The number of esters is 1. The minimum absolute atomic E-state index is 0.00837. The van der Waals surface area contributed by atoms with Gasteiger partial charge in [0, 0.05) is 26.1 Å². The van der Waals surface area contributed by atoms with Crippen molar-refractivity contribution in [1.82, 2.24) is 10.2 Å². The van der Waals surface area contributed by atoms with Crippen LogP contribution < -0.4 is 10.1 Å². The van der Waals surface area contributed by atoms with Gasteiger partial charge in [0.05, 0.1) is 5.92 Å². The first kappa shape index (κ1) is 22.6. The van der Waals surface area contributed by atoms with Crippen molar-refractivity contribution in [3.05, 3.63) is 29.8 Å². The van der Waals surface area contributed by atoms with E-state index in [0.717, 1.165) is 12.0 Å². The number of alkyl halides is 2. The van der Waals surface area contributed by atoms with Crippen LogP contribution in [0.3, 0.4) is 0 Å². The molecule has 1 heterocycles. The first-order valence-electron chi connectivity index (χ1n) is 9.64. The Morgan fingerprint density at radius 1 is 1.24 bits per heavy atom. The first-order valence-corrected chi connectivity index (χ1v) is 9.64.